The molecule has 1 atom stereocenters. The van der Waals surface area contributed by atoms with Crippen LogP contribution in [0.25, 0.3) is 0 Å². The van der Waals surface area contributed by atoms with Gasteiger partial charge in [-0.2, -0.15) is 5.26 Å². The first-order valence-electron chi connectivity index (χ1n) is 2.48. The van der Waals surface area contributed by atoms with Gasteiger partial charge >= 0.3 is 0 Å². The number of aliphatic imine (C=N–C) groups is 1. The number of hydrogen-bond donors (Lipinski definition) is 1. The SMILES string of the molecule is CC1=NCNC1C#N. The molecule has 0 aromatic rings. The summed E-state index contributed by atoms with van der Waals surface area (Å²) < 4.78 is 0. The van der Waals surface area contributed by atoms with Crippen LogP contribution in [0.15, 0.2) is 4.99 Å². The number of nitrogens with zero attached hydrogens (tertiary/aromatic N) is 2. The van der Waals surface area contributed by atoms with Crippen LogP contribution < -0.4 is 5.32 Å². The molecular weight excluding hydrogens is 102 g/mol. The summed E-state index contributed by atoms with van der Waals surface area (Å²) >= 11 is 0. The highest BCUT2D eigenvalue weighted by molar-refractivity contribution is 5.90. The van der Waals surface area contributed by atoms with Crippen LogP contribution in [0.5, 0.6) is 0 Å². The van der Waals surface area contributed by atoms with Crippen LogP contribution in [0, 0.1) is 11.3 Å². The third kappa shape index (κ3) is 0.703. The van der Waals surface area contributed by atoms with Crippen LogP contribution >= 0.6 is 0 Å². The molecule has 42 valence electrons. The molecule has 1 aliphatic heterocycles. The molecule has 0 saturated heterocycles. The van der Waals surface area contributed by atoms with Crippen molar-refractivity contribution in [2.45, 2.75) is 13.0 Å². The number of nitrogens with one attached hydrogen (secondary N) is 1. The van der Waals surface area contributed by atoms with E-state index < -0.39 is 0 Å². The molecule has 1 N–H and O–H groups in total. The number of hydrogen-bond acceptors (Lipinski definition) is 3. The Morgan fingerprint density at radius 1 is 2.00 bits per heavy atom. The first-order valence-corrected chi connectivity index (χ1v) is 2.48. The van der Waals surface area contributed by atoms with Gasteiger partial charge in [0.2, 0.25) is 0 Å². The fourth-order valence-corrected chi connectivity index (χ4v) is 0.640. The van der Waals surface area contributed by atoms with E-state index in [1.807, 2.05) is 6.92 Å². The van der Waals surface area contributed by atoms with Gasteiger partial charge in [0, 0.05) is 5.71 Å². The van der Waals surface area contributed by atoms with E-state index in [9.17, 15) is 0 Å². The van der Waals surface area contributed by atoms with Gasteiger partial charge < -0.3 is 0 Å². The van der Waals surface area contributed by atoms with Crippen molar-refractivity contribution in [3.63, 3.8) is 0 Å². The molecule has 0 fully saturated rings. The predicted molar refractivity (Wildman–Crippen MR) is 30.5 cm³/mol. The lowest BCUT2D eigenvalue weighted by atomic mass is 10.2. The van der Waals surface area contributed by atoms with Crippen LogP contribution in [0.4, 0.5) is 0 Å². The minimum atomic E-state index is -0.130. The quantitative estimate of drug-likeness (QED) is 0.472. The summed E-state index contributed by atoms with van der Waals surface area (Å²) in [7, 11) is 0. The summed E-state index contributed by atoms with van der Waals surface area (Å²) in [5.41, 5.74) is 0.896. The normalized spacial score (nSPS) is 27.0. The van der Waals surface area contributed by atoms with Crippen LogP contribution in [-0.4, -0.2) is 18.4 Å². The summed E-state index contributed by atoms with van der Waals surface area (Å²) in [4.78, 5) is 3.97. The lowest BCUT2D eigenvalue weighted by Crippen LogP contribution is -2.26. The maximum atomic E-state index is 8.34. The van der Waals surface area contributed by atoms with Crippen molar-refractivity contribution in [1.82, 2.24) is 5.32 Å². The van der Waals surface area contributed by atoms with Crippen LogP contribution in [0.2, 0.25) is 0 Å². The van der Waals surface area contributed by atoms with Gasteiger partial charge in [-0.05, 0) is 6.92 Å². The van der Waals surface area contributed by atoms with E-state index in [-0.39, 0.29) is 6.04 Å². The monoisotopic (exact) mass is 109 g/mol. The maximum absolute atomic E-state index is 8.34. The van der Waals surface area contributed by atoms with Gasteiger partial charge in [0.05, 0.1) is 12.7 Å². The minimum absolute atomic E-state index is 0.130. The van der Waals surface area contributed by atoms with Crippen LogP contribution in [0.1, 0.15) is 6.92 Å². The molecule has 0 radical (unpaired) electrons. The molecule has 1 aliphatic rings. The fraction of sp³-hybridized carbons (Fsp3) is 0.600. The molecule has 0 aliphatic carbocycles. The molecule has 3 nitrogen and oxygen atoms in total. The molecule has 1 rings (SSSR count). The Bertz CT molecular complexity index is 154. The highest BCUT2D eigenvalue weighted by Crippen LogP contribution is 1.93. The van der Waals surface area contributed by atoms with Gasteiger partial charge in [-0.3, -0.25) is 10.3 Å². The van der Waals surface area contributed by atoms with Crippen molar-refractivity contribution in [3.05, 3.63) is 0 Å². The molecule has 0 aromatic carbocycles. The Hall–Kier alpha value is -0.880. The molecule has 0 aromatic heterocycles. The van der Waals surface area contributed by atoms with Crippen molar-refractivity contribution in [2.75, 3.05) is 6.67 Å². The maximum Gasteiger partial charge on any atom is 0.135 e. The van der Waals surface area contributed by atoms with E-state index >= 15 is 0 Å². The highest BCUT2D eigenvalue weighted by Gasteiger charge is 2.13. The summed E-state index contributed by atoms with van der Waals surface area (Å²) in [5.74, 6) is 0. The van der Waals surface area contributed by atoms with Gasteiger partial charge in [-0.15, -0.1) is 0 Å². The standard InChI is InChI=1S/C5H7N3/c1-4-5(2-6)8-3-7-4/h5,8H,3H2,1H3. The highest BCUT2D eigenvalue weighted by atomic mass is 15.1. The zero-order valence-electron chi connectivity index (χ0n) is 4.68. The molecule has 0 bridgehead atoms. The molecular formula is C5H7N3. The molecule has 3 heteroatoms. The lowest BCUT2D eigenvalue weighted by Gasteiger charge is -1.94. The Morgan fingerprint density at radius 2 is 2.75 bits per heavy atom. The van der Waals surface area contributed by atoms with E-state index in [1.165, 1.54) is 0 Å². The third-order valence-electron chi connectivity index (χ3n) is 1.17. The van der Waals surface area contributed by atoms with Crippen molar-refractivity contribution in [1.29, 1.82) is 5.26 Å². The zero-order chi connectivity index (χ0) is 5.98. The van der Waals surface area contributed by atoms with Crippen molar-refractivity contribution in [3.8, 4) is 6.07 Å². The number of rotatable bonds is 0. The molecule has 0 amide bonds. The smallest absolute Gasteiger partial charge is 0.135 e. The fourth-order valence-electron chi connectivity index (χ4n) is 0.640. The molecule has 1 unspecified atom stereocenters. The van der Waals surface area contributed by atoms with Gasteiger partial charge in [0.25, 0.3) is 0 Å². The van der Waals surface area contributed by atoms with Gasteiger partial charge in [0.1, 0.15) is 6.04 Å². The van der Waals surface area contributed by atoms with Gasteiger partial charge in [-0.1, -0.05) is 0 Å². The predicted octanol–water partition coefficient (Wildman–Crippen LogP) is -0.0998. The second-order valence-corrected chi connectivity index (χ2v) is 1.72. The largest absolute Gasteiger partial charge is 0.278 e. The topological polar surface area (TPSA) is 48.2 Å². The van der Waals surface area contributed by atoms with Crippen molar-refractivity contribution in [2.24, 2.45) is 4.99 Å². The lowest BCUT2D eigenvalue weighted by molar-refractivity contribution is 0.777. The molecule has 8 heavy (non-hydrogen) atoms. The van der Waals surface area contributed by atoms with E-state index in [2.05, 4.69) is 16.4 Å². The second-order valence-electron chi connectivity index (χ2n) is 1.72. The van der Waals surface area contributed by atoms with Crippen LogP contribution in [-0.2, 0) is 0 Å². The van der Waals surface area contributed by atoms with E-state index in [0.717, 1.165) is 5.71 Å². The van der Waals surface area contributed by atoms with Crippen molar-refractivity contribution < 1.29 is 0 Å². The average molecular weight is 109 g/mol. The Labute approximate surface area is 48.0 Å². The minimum Gasteiger partial charge on any atom is -0.278 e. The summed E-state index contributed by atoms with van der Waals surface area (Å²) in [6.45, 7) is 2.46. The van der Waals surface area contributed by atoms with Crippen molar-refractivity contribution >= 4 is 5.71 Å². The zero-order valence-corrected chi connectivity index (χ0v) is 4.68. The molecule has 1 heterocycles. The van der Waals surface area contributed by atoms with Gasteiger partial charge in [0.15, 0.2) is 0 Å². The Balaban J connectivity index is 2.63. The first kappa shape index (κ1) is 5.26. The second kappa shape index (κ2) is 1.93. The molecule has 0 saturated carbocycles. The average Bonchev–Trinajstić information content (AvgIpc) is 2.14. The third-order valence-corrected chi connectivity index (χ3v) is 1.17. The Morgan fingerprint density at radius 3 is 3.00 bits per heavy atom. The summed E-state index contributed by atoms with van der Waals surface area (Å²) in [6, 6.07) is 1.94. The number of nitriles is 1. The first-order chi connectivity index (χ1) is 3.84. The van der Waals surface area contributed by atoms with E-state index in [1.54, 1.807) is 0 Å². The summed E-state index contributed by atoms with van der Waals surface area (Å²) in [5, 5.41) is 11.2. The molecule has 0 spiro atoms. The van der Waals surface area contributed by atoms with E-state index in [4.69, 9.17) is 5.26 Å². The van der Waals surface area contributed by atoms with Crippen LogP contribution in [0.3, 0.4) is 0 Å². The van der Waals surface area contributed by atoms with E-state index in [0.29, 0.717) is 6.67 Å². The summed E-state index contributed by atoms with van der Waals surface area (Å²) in [6.07, 6.45) is 0. The van der Waals surface area contributed by atoms with Gasteiger partial charge in [-0.25, -0.2) is 0 Å². The Kier molecular flexibility index (Phi) is 1.27.